The van der Waals surface area contributed by atoms with Crippen LogP contribution in [0.3, 0.4) is 0 Å². The molecule has 144 valence electrons. The van der Waals surface area contributed by atoms with E-state index in [1.54, 1.807) is 32.4 Å². The lowest BCUT2D eigenvalue weighted by Gasteiger charge is -2.38. The lowest BCUT2D eigenvalue weighted by atomic mass is 10.0. The number of ether oxygens (including phenoxy) is 2. The lowest BCUT2D eigenvalue weighted by molar-refractivity contribution is 0.0746. The van der Waals surface area contributed by atoms with Gasteiger partial charge in [-0.2, -0.15) is 0 Å². The number of carbonyl (C=O) groups is 1. The molecule has 0 aromatic heterocycles. The van der Waals surface area contributed by atoms with Gasteiger partial charge in [0, 0.05) is 43.5 Å². The predicted molar refractivity (Wildman–Crippen MR) is 108 cm³/mol. The Hall–Kier alpha value is -2.69. The monoisotopic (exact) mass is 368 g/mol. The first-order chi connectivity index (χ1) is 13.1. The Bertz CT molecular complexity index is 789. The van der Waals surface area contributed by atoms with Gasteiger partial charge < -0.3 is 19.3 Å². The largest absolute Gasteiger partial charge is 0.497 e. The first-order valence-electron chi connectivity index (χ1n) is 9.43. The van der Waals surface area contributed by atoms with Crippen LogP contribution < -0.4 is 14.4 Å². The van der Waals surface area contributed by atoms with E-state index in [9.17, 15) is 4.79 Å². The van der Waals surface area contributed by atoms with Crippen LogP contribution in [0.2, 0.25) is 0 Å². The van der Waals surface area contributed by atoms with E-state index in [1.807, 2.05) is 4.90 Å². The molecule has 5 heteroatoms. The summed E-state index contributed by atoms with van der Waals surface area (Å²) in [7, 11) is 3.19. The molecule has 0 unspecified atom stereocenters. The van der Waals surface area contributed by atoms with Gasteiger partial charge in [-0.3, -0.25) is 4.79 Å². The average molecular weight is 368 g/mol. The fraction of sp³-hybridized carbons (Fsp3) is 0.409. The molecule has 1 aliphatic rings. The molecule has 1 heterocycles. The summed E-state index contributed by atoms with van der Waals surface area (Å²) < 4.78 is 10.6. The molecule has 0 atom stereocenters. The Balaban J connectivity index is 1.74. The van der Waals surface area contributed by atoms with Crippen LogP contribution in [0.4, 0.5) is 5.69 Å². The van der Waals surface area contributed by atoms with E-state index in [-0.39, 0.29) is 5.91 Å². The normalized spacial score (nSPS) is 14.2. The second-order valence-corrected chi connectivity index (χ2v) is 6.82. The molecule has 0 bridgehead atoms. The topological polar surface area (TPSA) is 42.0 Å². The Morgan fingerprint density at radius 3 is 2.19 bits per heavy atom. The fourth-order valence-electron chi connectivity index (χ4n) is 3.70. The van der Waals surface area contributed by atoms with Gasteiger partial charge in [0.2, 0.25) is 0 Å². The molecule has 0 spiro atoms. The van der Waals surface area contributed by atoms with E-state index in [2.05, 4.69) is 36.9 Å². The molecular formula is C22H28N2O3. The zero-order valence-corrected chi connectivity index (χ0v) is 16.6. The van der Waals surface area contributed by atoms with Gasteiger partial charge in [0.1, 0.15) is 11.5 Å². The van der Waals surface area contributed by atoms with Crippen molar-refractivity contribution in [2.75, 3.05) is 45.3 Å². The maximum absolute atomic E-state index is 13.0. The molecule has 27 heavy (non-hydrogen) atoms. The smallest absolute Gasteiger partial charge is 0.254 e. The molecule has 5 nitrogen and oxygen atoms in total. The summed E-state index contributed by atoms with van der Waals surface area (Å²) in [6.45, 7) is 7.43. The third-order valence-corrected chi connectivity index (χ3v) is 5.18. The highest BCUT2D eigenvalue weighted by Crippen LogP contribution is 2.28. The van der Waals surface area contributed by atoms with Crippen LogP contribution in [0.5, 0.6) is 11.5 Å². The van der Waals surface area contributed by atoms with Crippen LogP contribution in [0.15, 0.2) is 36.4 Å². The van der Waals surface area contributed by atoms with Crippen LogP contribution in [0, 0.1) is 6.92 Å². The highest BCUT2D eigenvalue weighted by molar-refractivity contribution is 5.95. The van der Waals surface area contributed by atoms with Crippen molar-refractivity contribution in [3.8, 4) is 11.5 Å². The van der Waals surface area contributed by atoms with Crippen LogP contribution in [-0.4, -0.2) is 51.2 Å². The fourth-order valence-corrected chi connectivity index (χ4v) is 3.70. The van der Waals surface area contributed by atoms with Crippen molar-refractivity contribution >= 4 is 11.6 Å². The quantitative estimate of drug-likeness (QED) is 0.810. The second-order valence-electron chi connectivity index (χ2n) is 6.82. The van der Waals surface area contributed by atoms with Crippen LogP contribution in [-0.2, 0) is 6.42 Å². The van der Waals surface area contributed by atoms with Gasteiger partial charge >= 0.3 is 0 Å². The van der Waals surface area contributed by atoms with Crippen molar-refractivity contribution in [1.82, 2.24) is 4.90 Å². The molecule has 0 N–H and O–H groups in total. The van der Waals surface area contributed by atoms with Crippen molar-refractivity contribution < 1.29 is 14.3 Å². The second kappa shape index (κ2) is 8.33. The van der Waals surface area contributed by atoms with Gasteiger partial charge in [-0.05, 0) is 36.6 Å². The molecule has 3 rings (SSSR count). The highest BCUT2D eigenvalue weighted by atomic mass is 16.5. The number of amides is 1. The van der Waals surface area contributed by atoms with Gasteiger partial charge in [-0.25, -0.2) is 0 Å². The molecule has 1 saturated heterocycles. The van der Waals surface area contributed by atoms with Crippen molar-refractivity contribution in [3.63, 3.8) is 0 Å². The van der Waals surface area contributed by atoms with Crippen molar-refractivity contribution in [3.05, 3.63) is 53.1 Å². The number of anilines is 1. The minimum absolute atomic E-state index is 0.0207. The van der Waals surface area contributed by atoms with Crippen LogP contribution in [0.25, 0.3) is 0 Å². The summed E-state index contributed by atoms with van der Waals surface area (Å²) >= 11 is 0. The summed E-state index contributed by atoms with van der Waals surface area (Å²) in [5, 5.41) is 0. The summed E-state index contributed by atoms with van der Waals surface area (Å²) in [4.78, 5) is 17.3. The van der Waals surface area contributed by atoms with Gasteiger partial charge in [0.15, 0.2) is 0 Å². The van der Waals surface area contributed by atoms with Crippen LogP contribution >= 0.6 is 0 Å². The SMILES string of the molecule is CCc1cccc(C)c1N1CCN(C(=O)c2cc(OC)cc(OC)c2)CC1. The summed E-state index contributed by atoms with van der Waals surface area (Å²) in [6.07, 6.45) is 1.01. The predicted octanol–water partition coefficient (Wildman–Crippen LogP) is 3.54. The summed E-state index contributed by atoms with van der Waals surface area (Å²) in [6, 6.07) is 11.8. The molecule has 0 aliphatic carbocycles. The molecule has 1 fully saturated rings. The third kappa shape index (κ3) is 4.02. The Morgan fingerprint density at radius 1 is 1.00 bits per heavy atom. The summed E-state index contributed by atoms with van der Waals surface area (Å²) in [5.74, 6) is 1.28. The van der Waals surface area contributed by atoms with E-state index >= 15 is 0 Å². The average Bonchev–Trinajstić information content (AvgIpc) is 2.72. The standard InChI is InChI=1S/C22H28N2O3/c1-5-17-8-6-7-16(2)21(17)23-9-11-24(12-10-23)22(25)18-13-19(26-3)15-20(14-18)27-4/h6-8,13-15H,5,9-12H2,1-4H3. The maximum atomic E-state index is 13.0. The number of methoxy groups -OCH3 is 2. The molecule has 1 aliphatic heterocycles. The number of nitrogens with zero attached hydrogens (tertiary/aromatic N) is 2. The van der Waals surface area contributed by atoms with E-state index in [0.717, 1.165) is 19.5 Å². The van der Waals surface area contributed by atoms with Crippen molar-refractivity contribution in [2.45, 2.75) is 20.3 Å². The number of aryl methyl sites for hydroxylation is 2. The molecule has 0 radical (unpaired) electrons. The molecule has 2 aromatic carbocycles. The van der Waals surface area contributed by atoms with E-state index < -0.39 is 0 Å². The van der Waals surface area contributed by atoms with Crippen molar-refractivity contribution in [2.24, 2.45) is 0 Å². The van der Waals surface area contributed by atoms with E-state index in [1.165, 1.54) is 16.8 Å². The number of benzene rings is 2. The number of para-hydroxylation sites is 1. The number of rotatable bonds is 5. The maximum Gasteiger partial charge on any atom is 0.254 e. The van der Waals surface area contributed by atoms with Gasteiger partial charge in [-0.1, -0.05) is 25.1 Å². The molecular weight excluding hydrogens is 340 g/mol. The third-order valence-electron chi connectivity index (χ3n) is 5.18. The molecule has 1 amide bonds. The van der Waals surface area contributed by atoms with E-state index in [4.69, 9.17) is 9.47 Å². The Morgan fingerprint density at radius 2 is 1.63 bits per heavy atom. The minimum atomic E-state index is 0.0207. The van der Waals surface area contributed by atoms with Crippen molar-refractivity contribution in [1.29, 1.82) is 0 Å². The summed E-state index contributed by atoms with van der Waals surface area (Å²) in [5.41, 5.74) is 4.60. The van der Waals surface area contributed by atoms with Gasteiger partial charge in [-0.15, -0.1) is 0 Å². The minimum Gasteiger partial charge on any atom is -0.497 e. The van der Waals surface area contributed by atoms with Gasteiger partial charge in [0.25, 0.3) is 5.91 Å². The number of piperazine rings is 1. The zero-order chi connectivity index (χ0) is 19.4. The molecule has 0 saturated carbocycles. The number of hydrogen-bond acceptors (Lipinski definition) is 4. The molecule has 2 aromatic rings. The first-order valence-corrected chi connectivity index (χ1v) is 9.43. The number of carbonyl (C=O) groups excluding carboxylic acids is 1. The zero-order valence-electron chi connectivity index (χ0n) is 16.6. The van der Waals surface area contributed by atoms with E-state index in [0.29, 0.717) is 30.2 Å². The first kappa shape index (κ1) is 19.1. The Kier molecular flexibility index (Phi) is 5.89. The highest BCUT2D eigenvalue weighted by Gasteiger charge is 2.24. The van der Waals surface area contributed by atoms with Crippen LogP contribution in [0.1, 0.15) is 28.4 Å². The van der Waals surface area contributed by atoms with Gasteiger partial charge in [0.05, 0.1) is 14.2 Å². The lowest BCUT2D eigenvalue weighted by Crippen LogP contribution is -2.49. The Labute approximate surface area is 161 Å². The number of hydrogen-bond donors (Lipinski definition) is 0.